The first-order chi connectivity index (χ1) is 8.16. The number of para-hydroxylation sites is 1. The predicted molar refractivity (Wildman–Crippen MR) is 77.1 cm³/mol. The summed E-state index contributed by atoms with van der Waals surface area (Å²) in [5.74, 6) is 0. The number of nitrogens with one attached hydrogen (secondary N) is 1. The van der Waals surface area contributed by atoms with E-state index >= 15 is 0 Å². The lowest BCUT2D eigenvalue weighted by Crippen LogP contribution is -2.03. The maximum Gasteiger partial charge on any atom is 0.0489 e. The molecule has 2 aromatic rings. The predicted octanol–water partition coefficient (Wildman–Crippen LogP) is 3.95. The van der Waals surface area contributed by atoms with Crippen LogP contribution in [0.5, 0.6) is 0 Å². The van der Waals surface area contributed by atoms with Crippen molar-refractivity contribution in [1.29, 1.82) is 0 Å². The molecule has 0 aromatic heterocycles. The van der Waals surface area contributed by atoms with Crippen molar-refractivity contribution in [3.05, 3.63) is 58.1 Å². The number of aryl methyl sites for hydroxylation is 1. The van der Waals surface area contributed by atoms with Gasteiger partial charge < -0.3 is 11.1 Å². The molecule has 0 aliphatic carbocycles. The van der Waals surface area contributed by atoms with Crippen molar-refractivity contribution in [2.45, 2.75) is 13.5 Å². The minimum absolute atomic E-state index is 0.731. The number of anilines is 2. The topological polar surface area (TPSA) is 38.0 Å². The van der Waals surface area contributed by atoms with Crippen molar-refractivity contribution in [1.82, 2.24) is 0 Å². The maximum absolute atomic E-state index is 5.90. The zero-order valence-corrected chi connectivity index (χ0v) is 11.3. The lowest BCUT2D eigenvalue weighted by atomic mass is 10.1. The number of hydrogen-bond acceptors (Lipinski definition) is 2. The zero-order chi connectivity index (χ0) is 12.3. The van der Waals surface area contributed by atoms with Gasteiger partial charge in [-0.3, -0.25) is 0 Å². The van der Waals surface area contributed by atoms with Crippen molar-refractivity contribution < 1.29 is 0 Å². The lowest BCUT2D eigenvalue weighted by molar-refractivity contribution is 1.15. The summed E-state index contributed by atoms with van der Waals surface area (Å²) >= 11 is 3.53. The van der Waals surface area contributed by atoms with Crippen LogP contribution in [0.3, 0.4) is 0 Å². The van der Waals surface area contributed by atoms with Crippen molar-refractivity contribution in [2.75, 3.05) is 11.1 Å². The van der Waals surface area contributed by atoms with E-state index in [1.54, 1.807) is 0 Å². The van der Waals surface area contributed by atoms with E-state index in [9.17, 15) is 0 Å². The summed E-state index contributed by atoms with van der Waals surface area (Å²) in [6, 6.07) is 14.1. The molecule has 0 unspecified atom stereocenters. The smallest absolute Gasteiger partial charge is 0.0489 e. The molecule has 0 aliphatic rings. The molecular formula is C14H15BrN2. The van der Waals surface area contributed by atoms with E-state index in [1.165, 1.54) is 5.56 Å². The monoisotopic (exact) mass is 290 g/mol. The van der Waals surface area contributed by atoms with E-state index in [1.807, 2.05) is 30.3 Å². The number of benzene rings is 2. The number of nitrogen functional groups attached to an aromatic ring is 1. The SMILES string of the molecule is Cc1ccc(Br)c(NCc2ccccc2N)c1. The van der Waals surface area contributed by atoms with Crippen molar-refractivity contribution in [2.24, 2.45) is 0 Å². The Bertz CT molecular complexity index is 523. The molecule has 88 valence electrons. The molecule has 3 heteroatoms. The molecule has 0 fully saturated rings. The minimum Gasteiger partial charge on any atom is -0.398 e. The largest absolute Gasteiger partial charge is 0.398 e. The third kappa shape index (κ3) is 3.01. The average Bonchev–Trinajstić information content (AvgIpc) is 2.32. The molecular weight excluding hydrogens is 276 g/mol. The molecule has 17 heavy (non-hydrogen) atoms. The molecule has 0 atom stereocenters. The molecule has 0 heterocycles. The van der Waals surface area contributed by atoms with E-state index in [0.717, 1.165) is 28.0 Å². The summed E-state index contributed by atoms with van der Waals surface area (Å²) in [5, 5.41) is 3.38. The first-order valence-corrected chi connectivity index (χ1v) is 6.29. The highest BCUT2D eigenvalue weighted by Crippen LogP contribution is 2.24. The maximum atomic E-state index is 5.90. The number of hydrogen-bond donors (Lipinski definition) is 2. The van der Waals surface area contributed by atoms with Crippen molar-refractivity contribution in [3.63, 3.8) is 0 Å². The van der Waals surface area contributed by atoms with Crippen LogP contribution in [0.25, 0.3) is 0 Å². The van der Waals surface area contributed by atoms with E-state index in [2.05, 4.69) is 40.3 Å². The molecule has 0 radical (unpaired) electrons. The molecule has 0 aliphatic heterocycles. The van der Waals surface area contributed by atoms with Gasteiger partial charge in [-0.05, 0) is 52.2 Å². The van der Waals surface area contributed by atoms with Crippen LogP contribution in [0, 0.1) is 6.92 Å². The Morgan fingerprint density at radius 3 is 2.71 bits per heavy atom. The first kappa shape index (κ1) is 12.0. The number of halogens is 1. The summed E-state index contributed by atoms with van der Waals surface area (Å²) in [6.45, 7) is 2.81. The molecule has 0 spiro atoms. The van der Waals surface area contributed by atoms with Crippen LogP contribution in [0.15, 0.2) is 46.9 Å². The van der Waals surface area contributed by atoms with Gasteiger partial charge in [0.15, 0.2) is 0 Å². The standard InChI is InChI=1S/C14H15BrN2/c1-10-6-7-12(15)14(8-10)17-9-11-4-2-3-5-13(11)16/h2-8,17H,9,16H2,1H3. The highest BCUT2D eigenvalue weighted by atomic mass is 79.9. The van der Waals surface area contributed by atoms with Crippen molar-refractivity contribution in [3.8, 4) is 0 Å². The van der Waals surface area contributed by atoms with Gasteiger partial charge >= 0.3 is 0 Å². The van der Waals surface area contributed by atoms with Gasteiger partial charge in [-0.15, -0.1) is 0 Å². The van der Waals surface area contributed by atoms with Crippen LogP contribution in [0.2, 0.25) is 0 Å². The highest BCUT2D eigenvalue weighted by molar-refractivity contribution is 9.10. The van der Waals surface area contributed by atoms with Gasteiger partial charge in [0.1, 0.15) is 0 Å². The van der Waals surface area contributed by atoms with Gasteiger partial charge in [0.05, 0.1) is 0 Å². The number of nitrogens with two attached hydrogens (primary N) is 1. The van der Waals surface area contributed by atoms with Gasteiger partial charge in [0.25, 0.3) is 0 Å². The third-order valence-electron chi connectivity index (χ3n) is 2.65. The molecule has 2 aromatic carbocycles. The summed E-state index contributed by atoms with van der Waals surface area (Å²) < 4.78 is 1.07. The van der Waals surface area contributed by atoms with Crippen LogP contribution in [-0.4, -0.2) is 0 Å². The van der Waals surface area contributed by atoms with Gasteiger partial charge in [-0.25, -0.2) is 0 Å². The van der Waals surface area contributed by atoms with Gasteiger partial charge in [0.2, 0.25) is 0 Å². The second kappa shape index (κ2) is 5.23. The Morgan fingerprint density at radius 2 is 1.94 bits per heavy atom. The highest BCUT2D eigenvalue weighted by Gasteiger charge is 2.01. The van der Waals surface area contributed by atoms with E-state index in [-0.39, 0.29) is 0 Å². The molecule has 0 saturated heterocycles. The Labute approximate surface area is 110 Å². The summed E-state index contributed by atoms with van der Waals surface area (Å²) in [6.07, 6.45) is 0. The summed E-state index contributed by atoms with van der Waals surface area (Å²) in [4.78, 5) is 0. The van der Waals surface area contributed by atoms with Gasteiger partial charge in [0, 0.05) is 22.4 Å². The van der Waals surface area contributed by atoms with Crippen LogP contribution in [-0.2, 0) is 6.54 Å². The Balaban J connectivity index is 2.12. The minimum atomic E-state index is 0.731. The second-order valence-corrected chi connectivity index (χ2v) is 4.89. The average molecular weight is 291 g/mol. The van der Waals surface area contributed by atoms with Gasteiger partial charge in [-0.1, -0.05) is 24.3 Å². The molecule has 3 N–H and O–H groups in total. The fraction of sp³-hybridized carbons (Fsp3) is 0.143. The molecule has 0 bridgehead atoms. The quantitative estimate of drug-likeness (QED) is 0.840. The molecule has 2 nitrogen and oxygen atoms in total. The Kier molecular flexibility index (Phi) is 3.69. The van der Waals surface area contributed by atoms with E-state index in [0.29, 0.717) is 0 Å². The molecule has 0 amide bonds. The van der Waals surface area contributed by atoms with E-state index < -0.39 is 0 Å². The fourth-order valence-electron chi connectivity index (χ4n) is 1.66. The van der Waals surface area contributed by atoms with Crippen LogP contribution < -0.4 is 11.1 Å². The Hall–Kier alpha value is -1.48. The fourth-order valence-corrected chi connectivity index (χ4v) is 2.05. The summed E-state index contributed by atoms with van der Waals surface area (Å²) in [5.41, 5.74) is 10.2. The summed E-state index contributed by atoms with van der Waals surface area (Å²) in [7, 11) is 0. The Morgan fingerprint density at radius 1 is 1.18 bits per heavy atom. The zero-order valence-electron chi connectivity index (χ0n) is 9.70. The van der Waals surface area contributed by atoms with Gasteiger partial charge in [-0.2, -0.15) is 0 Å². The van der Waals surface area contributed by atoms with Crippen LogP contribution in [0.1, 0.15) is 11.1 Å². The second-order valence-electron chi connectivity index (χ2n) is 4.04. The normalized spacial score (nSPS) is 10.2. The van der Waals surface area contributed by atoms with Crippen molar-refractivity contribution >= 4 is 27.3 Å². The van der Waals surface area contributed by atoms with E-state index in [4.69, 9.17) is 5.73 Å². The van der Waals surface area contributed by atoms with Crippen LogP contribution in [0.4, 0.5) is 11.4 Å². The molecule has 2 rings (SSSR count). The van der Waals surface area contributed by atoms with Crippen LogP contribution >= 0.6 is 15.9 Å². The number of rotatable bonds is 3. The lowest BCUT2D eigenvalue weighted by Gasteiger charge is -2.11. The third-order valence-corrected chi connectivity index (χ3v) is 3.34. The molecule has 0 saturated carbocycles. The first-order valence-electron chi connectivity index (χ1n) is 5.50.